The maximum Gasteiger partial charge on any atom is 0.332 e. The standard InChI is InChI=1S/C16H19NO3/c1-4-5-8-20-16(18)10-13(11-17)15-7-6-14(19-3)9-12(15)2/h6-7,9-10H,4-5,8H2,1-3H3. The van der Waals surface area contributed by atoms with Crippen molar-refractivity contribution < 1.29 is 14.3 Å². The van der Waals surface area contributed by atoms with E-state index in [1.54, 1.807) is 19.2 Å². The van der Waals surface area contributed by atoms with Crippen molar-refractivity contribution in [1.82, 2.24) is 0 Å². The van der Waals surface area contributed by atoms with Crippen LogP contribution in [-0.4, -0.2) is 19.7 Å². The van der Waals surface area contributed by atoms with Gasteiger partial charge < -0.3 is 9.47 Å². The largest absolute Gasteiger partial charge is 0.497 e. The molecular formula is C16H19NO3. The van der Waals surface area contributed by atoms with Gasteiger partial charge in [-0.3, -0.25) is 0 Å². The van der Waals surface area contributed by atoms with Crippen LogP contribution in [0.3, 0.4) is 0 Å². The molecule has 1 rings (SSSR count). The van der Waals surface area contributed by atoms with Crippen molar-refractivity contribution in [1.29, 1.82) is 5.26 Å². The Morgan fingerprint density at radius 3 is 2.75 bits per heavy atom. The Hall–Kier alpha value is -2.28. The van der Waals surface area contributed by atoms with Gasteiger partial charge in [-0.05, 0) is 42.7 Å². The van der Waals surface area contributed by atoms with Crippen molar-refractivity contribution in [2.24, 2.45) is 0 Å². The minimum Gasteiger partial charge on any atom is -0.497 e. The highest BCUT2D eigenvalue weighted by Crippen LogP contribution is 2.23. The molecule has 0 fully saturated rings. The number of methoxy groups -OCH3 is 1. The fourth-order valence-corrected chi connectivity index (χ4v) is 1.71. The topological polar surface area (TPSA) is 59.3 Å². The molecule has 1 aromatic carbocycles. The van der Waals surface area contributed by atoms with Crippen LogP contribution in [0.1, 0.15) is 30.9 Å². The first-order valence-corrected chi connectivity index (χ1v) is 6.56. The summed E-state index contributed by atoms with van der Waals surface area (Å²) >= 11 is 0. The Bertz CT molecular complexity index is 541. The summed E-state index contributed by atoms with van der Waals surface area (Å²) in [4.78, 5) is 11.6. The molecule has 106 valence electrons. The number of carbonyl (C=O) groups excluding carboxylic acids is 1. The summed E-state index contributed by atoms with van der Waals surface area (Å²) < 4.78 is 10.1. The fourth-order valence-electron chi connectivity index (χ4n) is 1.71. The highest BCUT2D eigenvalue weighted by molar-refractivity contribution is 5.95. The molecule has 4 heteroatoms. The van der Waals surface area contributed by atoms with E-state index in [1.807, 2.05) is 26.0 Å². The molecule has 4 nitrogen and oxygen atoms in total. The molecular weight excluding hydrogens is 254 g/mol. The number of hydrogen-bond donors (Lipinski definition) is 0. The van der Waals surface area contributed by atoms with Crippen molar-refractivity contribution >= 4 is 11.5 Å². The lowest BCUT2D eigenvalue weighted by atomic mass is 10.0. The molecule has 0 aliphatic heterocycles. The van der Waals surface area contributed by atoms with Gasteiger partial charge in [0.05, 0.1) is 19.3 Å². The second-order valence-corrected chi connectivity index (χ2v) is 4.37. The maximum atomic E-state index is 11.6. The van der Waals surface area contributed by atoms with E-state index in [1.165, 1.54) is 6.08 Å². The Kier molecular flexibility index (Phi) is 6.31. The van der Waals surface area contributed by atoms with Crippen LogP contribution in [0.15, 0.2) is 24.3 Å². The van der Waals surface area contributed by atoms with Gasteiger partial charge in [0.25, 0.3) is 0 Å². The SMILES string of the molecule is CCCCOC(=O)C=C(C#N)c1ccc(OC)cc1C. The number of nitriles is 1. The molecule has 0 N–H and O–H groups in total. The number of esters is 1. The van der Waals surface area contributed by atoms with Crippen LogP contribution in [0.2, 0.25) is 0 Å². The highest BCUT2D eigenvalue weighted by Gasteiger charge is 2.09. The molecule has 0 aliphatic rings. The van der Waals surface area contributed by atoms with Gasteiger partial charge in [0, 0.05) is 6.08 Å². The molecule has 0 aliphatic carbocycles. The molecule has 0 atom stereocenters. The number of carbonyl (C=O) groups is 1. The van der Waals surface area contributed by atoms with Crippen LogP contribution in [0, 0.1) is 18.3 Å². The molecule has 1 aromatic rings. The lowest BCUT2D eigenvalue weighted by Crippen LogP contribution is -2.03. The fraction of sp³-hybridized carbons (Fsp3) is 0.375. The van der Waals surface area contributed by atoms with Crippen LogP contribution >= 0.6 is 0 Å². The van der Waals surface area contributed by atoms with Crippen LogP contribution in [0.5, 0.6) is 5.75 Å². The molecule has 0 radical (unpaired) electrons. The Labute approximate surface area is 119 Å². The van der Waals surface area contributed by atoms with Gasteiger partial charge in [0.1, 0.15) is 11.8 Å². The predicted octanol–water partition coefficient (Wildman–Crippen LogP) is 3.25. The summed E-state index contributed by atoms with van der Waals surface area (Å²) in [5, 5.41) is 9.19. The molecule has 20 heavy (non-hydrogen) atoms. The van der Waals surface area contributed by atoms with E-state index in [-0.39, 0.29) is 0 Å². The number of unbranched alkanes of at least 4 members (excludes halogenated alkanes) is 1. The van der Waals surface area contributed by atoms with E-state index < -0.39 is 5.97 Å². The van der Waals surface area contributed by atoms with E-state index >= 15 is 0 Å². The minimum absolute atomic E-state index is 0.298. The number of hydrogen-bond acceptors (Lipinski definition) is 4. The average molecular weight is 273 g/mol. The monoisotopic (exact) mass is 273 g/mol. The van der Waals surface area contributed by atoms with Crippen molar-refractivity contribution in [3.63, 3.8) is 0 Å². The molecule has 0 aromatic heterocycles. The van der Waals surface area contributed by atoms with Gasteiger partial charge in [-0.2, -0.15) is 5.26 Å². The zero-order chi connectivity index (χ0) is 15.0. The second-order valence-electron chi connectivity index (χ2n) is 4.37. The van der Waals surface area contributed by atoms with Crippen LogP contribution in [0.25, 0.3) is 5.57 Å². The van der Waals surface area contributed by atoms with Crippen LogP contribution < -0.4 is 4.74 Å². The summed E-state index contributed by atoms with van der Waals surface area (Å²) in [5.41, 5.74) is 1.88. The van der Waals surface area contributed by atoms with Crippen LogP contribution in [0.4, 0.5) is 0 Å². The molecule has 0 amide bonds. The van der Waals surface area contributed by atoms with Crippen molar-refractivity contribution in [3.05, 3.63) is 35.4 Å². The molecule has 0 unspecified atom stereocenters. The third kappa shape index (κ3) is 4.43. The van der Waals surface area contributed by atoms with E-state index in [2.05, 4.69) is 0 Å². The van der Waals surface area contributed by atoms with Crippen LogP contribution in [-0.2, 0) is 9.53 Å². The summed E-state index contributed by atoms with van der Waals surface area (Å²) in [7, 11) is 1.58. The normalized spacial score (nSPS) is 10.8. The number of allylic oxidation sites excluding steroid dienone is 1. The molecule has 0 heterocycles. The maximum absolute atomic E-state index is 11.6. The number of aryl methyl sites for hydroxylation is 1. The van der Waals surface area contributed by atoms with Gasteiger partial charge in [0.2, 0.25) is 0 Å². The Morgan fingerprint density at radius 1 is 1.45 bits per heavy atom. The predicted molar refractivity (Wildman–Crippen MR) is 77.2 cm³/mol. The number of benzene rings is 1. The summed E-state index contributed by atoms with van der Waals surface area (Å²) in [6.45, 7) is 4.27. The zero-order valence-electron chi connectivity index (χ0n) is 12.1. The number of rotatable bonds is 6. The van der Waals surface area contributed by atoms with Crippen molar-refractivity contribution in [2.45, 2.75) is 26.7 Å². The van der Waals surface area contributed by atoms with Gasteiger partial charge in [-0.15, -0.1) is 0 Å². The smallest absolute Gasteiger partial charge is 0.332 e. The Balaban J connectivity index is 2.90. The average Bonchev–Trinajstić information content (AvgIpc) is 2.45. The highest BCUT2D eigenvalue weighted by atomic mass is 16.5. The molecule has 0 saturated carbocycles. The first-order valence-electron chi connectivity index (χ1n) is 6.56. The van der Waals surface area contributed by atoms with Gasteiger partial charge in [0.15, 0.2) is 0 Å². The molecule has 0 spiro atoms. The third-order valence-corrected chi connectivity index (χ3v) is 2.85. The lowest BCUT2D eigenvalue weighted by Gasteiger charge is -2.07. The van der Waals surface area contributed by atoms with E-state index in [0.717, 1.165) is 18.4 Å². The Morgan fingerprint density at radius 2 is 2.20 bits per heavy atom. The lowest BCUT2D eigenvalue weighted by molar-refractivity contribution is -0.137. The van der Waals surface area contributed by atoms with Gasteiger partial charge in [-0.25, -0.2) is 4.79 Å². The number of ether oxygens (including phenoxy) is 2. The summed E-state index contributed by atoms with van der Waals surface area (Å²) in [6, 6.07) is 7.39. The summed E-state index contributed by atoms with van der Waals surface area (Å²) in [5.74, 6) is 0.235. The molecule has 0 saturated heterocycles. The van der Waals surface area contributed by atoms with E-state index in [4.69, 9.17) is 9.47 Å². The third-order valence-electron chi connectivity index (χ3n) is 2.85. The first kappa shape index (κ1) is 15.8. The van der Waals surface area contributed by atoms with Gasteiger partial charge in [-0.1, -0.05) is 13.3 Å². The van der Waals surface area contributed by atoms with E-state index in [0.29, 0.717) is 23.5 Å². The minimum atomic E-state index is -0.481. The first-order chi connectivity index (χ1) is 9.62. The van der Waals surface area contributed by atoms with Crippen molar-refractivity contribution in [2.75, 3.05) is 13.7 Å². The van der Waals surface area contributed by atoms with Crippen molar-refractivity contribution in [3.8, 4) is 11.8 Å². The quantitative estimate of drug-likeness (QED) is 0.345. The second kappa shape index (κ2) is 8.00. The van der Waals surface area contributed by atoms with Gasteiger partial charge >= 0.3 is 5.97 Å². The summed E-state index contributed by atoms with van der Waals surface area (Å²) in [6.07, 6.45) is 3.02. The number of nitrogens with zero attached hydrogens (tertiary/aromatic N) is 1. The zero-order valence-corrected chi connectivity index (χ0v) is 12.1. The molecule has 0 bridgehead atoms. The van der Waals surface area contributed by atoms with E-state index in [9.17, 15) is 10.1 Å².